The van der Waals surface area contributed by atoms with Gasteiger partial charge in [-0.2, -0.15) is 0 Å². The number of nitrogens with one attached hydrogen (secondary N) is 2. The summed E-state index contributed by atoms with van der Waals surface area (Å²) in [6, 6.07) is 3.91. The summed E-state index contributed by atoms with van der Waals surface area (Å²) in [5.74, 6) is 4.24. The topological polar surface area (TPSA) is 153 Å². The van der Waals surface area contributed by atoms with Crippen LogP contribution < -0.4 is 22.3 Å². The van der Waals surface area contributed by atoms with E-state index in [1.165, 1.54) is 18.2 Å². The monoisotopic (exact) mass is 295 g/mol. The van der Waals surface area contributed by atoms with Crippen molar-refractivity contribution in [3.8, 4) is 0 Å². The smallest absolute Gasteiger partial charge is 0.282 e. The van der Waals surface area contributed by atoms with Crippen molar-refractivity contribution in [2.75, 3.05) is 12.0 Å². The first-order valence-electron chi connectivity index (χ1n) is 6.27. The minimum atomic E-state index is -0.637. The van der Waals surface area contributed by atoms with Crippen LogP contribution in [0.1, 0.15) is 29.6 Å². The van der Waals surface area contributed by atoms with E-state index in [4.69, 9.17) is 11.6 Å². The van der Waals surface area contributed by atoms with Crippen LogP contribution in [0, 0.1) is 10.1 Å². The van der Waals surface area contributed by atoms with Crippen molar-refractivity contribution in [1.29, 1.82) is 0 Å². The van der Waals surface area contributed by atoms with Gasteiger partial charge in [0.15, 0.2) is 0 Å². The number of unbranched alkanes of at least 4 members (excludes halogenated alkanes) is 1. The third kappa shape index (κ3) is 5.07. The molecule has 0 bridgehead atoms. The van der Waals surface area contributed by atoms with E-state index in [0.29, 0.717) is 25.1 Å². The lowest BCUT2D eigenvalue weighted by Gasteiger charge is -2.07. The van der Waals surface area contributed by atoms with Crippen LogP contribution in [0.4, 0.5) is 11.4 Å². The molecule has 2 amide bonds. The predicted molar refractivity (Wildman–Crippen MR) is 76.3 cm³/mol. The highest BCUT2D eigenvalue weighted by atomic mass is 16.6. The number of hydrogen-bond donors (Lipinski definition) is 4. The van der Waals surface area contributed by atoms with Crippen molar-refractivity contribution in [2.45, 2.75) is 19.3 Å². The Bertz CT molecular complexity index is 546. The number of nitro benzene ring substituents is 1. The fourth-order valence-electron chi connectivity index (χ4n) is 1.69. The van der Waals surface area contributed by atoms with Crippen molar-refractivity contribution in [2.24, 2.45) is 11.6 Å². The predicted octanol–water partition coefficient (Wildman–Crippen LogP) is 0.266. The summed E-state index contributed by atoms with van der Waals surface area (Å²) in [5, 5.41) is 13.5. The highest BCUT2D eigenvalue weighted by Crippen LogP contribution is 2.22. The largest absolute Gasteiger partial charge is 0.370 e. The number of nitro groups is 1. The molecular formula is C12H17N5O4. The standard InChI is InChI=1S/C12H17N5O4/c13-11(18)3-1-2-6-15-12(19)9-7-8(16-14)4-5-10(9)17(20)21/h4-5,7,16H,1-3,6,14H2,(H2,13,18)(H,15,19). The van der Waals surface area contributed by atoms with Gasteiger partial charge in [-0.15, -0.1) is 0 Å². The molecule has 0 aliphatic heterocycles. The lowest BCUT2D eigenvalue weighted by molar-refractivity contribution is -0.385. The van der Waals surface area contributed by atoms with Gasteiger partial charge in [-0.3, -0.25) is 25.5 Å². The highest BCUT2D eigenvalue weighted by Gasteiger charge is 2.20. The highest BCUT2D eigenvalue weighted by molar-refractivity contribution is 5.99. The van der Waals surface area contributed by atoms with Crippen molar-refractivity contribution < 1.29 is 14.5 Å². The van der Waals surface area contributed by atoms with Crippen molar-refractivity contribution in [1.82, 2.24) is 5.32 Å². The Morgan fingerprint density at radius 2 is 2.00 bits per heavy atom. The van der Waals surface area contributed by atoms with E-state index in [0.717, 1.165) is 0 Å². The molecule has 0 fully saturated rings. The minimum absolute atomic E-state index is 0.0784. The van der Waals surface area contributed by atoms with Gasteiger partial charge in [0.05, 0.1) is 4.92 Å². The van der Waals surface area contributed by atoms with E-state index in [1.807, 2.05) is 0 Å². The summed E-state index contributed by atoms with van der Waals surface area (Å²) in [6.07, 6.45) is 1.34. The Labute approximate surface area is 120 Å². The van der Waals surface area contributed by atoms with Crippen LogP contribution in [0.25, 0.3) is 0 Å². The maximum absolute atomic E-state index is 12.0. The number of primary amides is 1. The number of nitrogen functional groups attached to an aromatic ring is 1. The zero-order valence-corrected chi connectivity index (χ0v) is 11.3. The normalized spacial score (nSPS) is 9.95. The van der Waals surface area contributed by atoms with Crippen molar-refractivity contribution in [3.05, 3.63) is 33.9 Å². The van der Waals surface area contributed by atoms with Crippen LogP contribution >= 0.6 is 0 Å². The van der Waals surface area contributed by atoms with Gasteiger partial charge in [-0.05, 0) is 25.0 Å². The average molecular weight is 295 g/mol. The first-order chi connectivity index (χ1) is 9.95. The summed E-state index contributed by atoms with van der Waals surface area (Å²) in [4.78, 5) is 32.8. The van der Waals surface area contributed by atoms with E-state index in [2.05, 4.69) is 10.7 Å². The molecule has 21 heavy (non-hydrogen) atoms. The number of nitrogens with two attached hydrogens (primary N) is 2. The van der Waals surface area contributed by atoms with Gasteiger partial charge in [0.25, 0.3) is 11.6 Å². The Morgan fingerprint density at radius 3 is 2.57 bits per heavy atom. The van der Waals surface area contributed by atoms with Crippen LogP contribution in [0.15, 0.2) is 18.2 Å². The number of rotatable bonds is 8. The van der Waals surface area contributed by atoms with E-state index < -0.39 is 16.7 Å². The molecule has 114 valence electrons. The fraction of sp³-hybridized carbons (Fsp3) is 0.333. The molecule has 9 nitrogen and oxygen atoms in total. The van der Waals surface area contributed by atoms with Gasteiger partial charge < -0.3 is 16.5 Å². The summed E-state index contributed by atoms with van der Waals surface area (Å²) >= 11 is 0. The second-order valence-electron chi connectivity index (χ2n) is 4.31. The maximum Gasteiger partial charge on any atom is 0.282 e. The molecule has 9 heteroatoms. The molecule has 0 atom stereocenters. The Hall–Kier alpha value is -2.68. The molecule has 0 aliphatic carbocycles. The summed E-state index contributed by atoms with van der Waals surface area (Å²) < 4.78 is 0. The van der Waals surface area contributed by atoms with Gasteiger partial charge in [0, 0.05) is 24.7 Å². The summed E-state index contributed by atoms with van der Waals surface area (Å²) in [7, 11) is 0. The van der Waals surface area contributed by atoms with Crippen LogP contribution in [0.2, 0.25) is 0 Å². The lowest BCUT2D eigenvalue weighted by Crippen LogP contribution is -2.25. The molecule has 0 radical (unpaired) electrons. The molecule has 6 N–H and O–H groups in total. The molecule has 1 aromatic carbocycles. The molecule has 0 saturated heterocycles. The second kappa shape index (κ2) is 7.80. The second-order valence-corrected chi connectivity index (χ2v) is 4.31. The molecule has 1 aromatic rings. The molecule has 0 aliphatic rings. The third-order valence-corrected chi connectivity index (χ3v) is 2.74. The van der Waals surface area contributed by atoms with Gasteiger partial charge in [-0.1, -0.05) is 0 Å². The maximum atomic E-state index is 12.0. The molecule has 0 saturated carbocycles. The molecule has 0 heterocycles. The summed E-state index contributed by atoms with van der Waals surface area (Å²) in [5.41, 5.74) is 7.32. The quantitative estimate of drug-likeness (QED) is 0.233. The first-order valence-corrected chi connectivity index (χ1v) is 6.27. The van der Waals surface area contributed by atoms with E-state index in [1.54, 1.807) is 0 Å². The lowest BCUT2D eigenvalue weighted by atomic mass is 10.1. The van der Waals surface area contributed by atoms with Crippen LogP contribution in [-0.2, 0) is 4.79 Å². The Kier molecular flexibility index (Phi) is 6.08. The molecule has 0 spiro atoms. The Balaban J connectivity index is 2.67. The molecule has 0 aromatic heterocycles. The van der Waals surface area contributed by atoms with Crippen molar-refractivity contribution >= 4 is 23.2 Å². The minimum Gasteiger partial charge on any atom is -0.370 e. The van der Waals surface area contributed by atoms with Gasteiger partial charge in [0.1, 0.15) is 5.56 Å². The van der Waals surface area contributed by atoms with Gasteiger partial charge in [0.2, 0.25) is 5.91 Å². The van der Waals surface area contributed by atoms with E-state index in [9.17, 15) is 19.7 Å². The van der Waals surface area contributed by atoms with Crippen LogP contribution in [0.5, 0.6) is 0 Å². The number of hydrazine groups is 1. The van der Waals surface area contributed by atoms with Crippen LogP contribution in [-0.4, -0.2) is 23.3 Å². The average Bonchev–Trinajstić information content (AvgIpc) is 2.45. The number of nitrogens with zero attached hydrogens (tertiary/aromatic N) is 1. The Morgan fingerprint density at radius 1 is 1.29 bits per heavy atom. The number of carbonyl (C=O) groups excluding carboxylic acids is 2. The fourth-order valence-corrected chi connectivity index (χ4v) is 1.69. The SMILES string of the molecule is NNc1ccc([N+](=O)[O-])c(C(=O)NCCCCC(N)=O)c1. The van der Waals surface area contributed by atoms with E-state index in [-0.39, 0.29) is 17.7 Å². The molecule has 1 rings (SSSR count). The summed E-state index contributed by atoms with van der Waals surface area (Å²) in [6.45, 7) is 0.295. The molecule has 0 unspecified atom stereocenters. The number of amides is 2. The zero-order valence-electron chi connectivity index (χ0n) is 11.3. The number of carbonyl (C=O) groups is 2. The number of benzene rings is 1. The van der Waals surface area contributed by atoms with Crippen LogP contribution in [0.3, 0.4) is 0 Å². The number of anilines is 1. The molecular weight excluding hydrogens is 278 g/mol. The zero-order chi connectivity index (χ0) is 15.8. The van der Waals surface area contributed by atoms with Gasteiger partial charge >= 0.3 is 0 Å². The van der Waals surface area contributed by atoms with Gasteiger partial charge in [-0.25, -0.2) is 0 Å². The van der Waals surface area contributed by atoms with E-state index >= 15 is 0 Å². The number of hydrogen-bond acceptors (Lipinski definition) is 6. The van der Waals surface area contributed by atoms with Crippen molar-refractivity contribution in [3.63, 3.8) is 0 Å². The third-order valence-electron chi connectivity index (χ3n) is 2.74. The first kappa shape index (κ1) is 16.4.